The first-order valence-corrected chi connectivity index (χ1v) is 12.0. The second kappa shape index (κ2) is 9.67. The van der Waals surface area contributed by atoms with Gasteiger partial charge in [-0.05, 0) is 63.4 Å². The highest BCUT2D eigenvalue weighted by Crippen LogP contribution is 2.23. The van der Waals surface area contributed by atoms with Gasteiger partial charge in [-0.15, -0.1) is 0 Å². The average Bonchev–Trinajstić information content (AvgIpc) is 2.72. The van der Waals surface area contributed by atoms with Gasteiger partial charge in [0.1, 0.15) is 0 Å². The predicted octanol–water partition coefficient (Wildman–Crippen LogP) is 5.06. The van der Waals surface area contributed by atoms with Crippen LogP contribution in [0.1, 0.15) is 33.4 Å². The summed E-state index contributed by atoms with van der Waals surface area (Å²) in [4.78, 5) is 13.1. The van der Waals surface area contributed by atoms with Crippen LogP contribution in [-0.4, -0.2) is 25.2 Å². The molecule has 0 aliphatic heterocycles. The maximum atomic E-state index is 13.4. The van der Waals surface area contributed by atoms with Crippen LogP contribution < -0.4 is 5.32 Å². The number of rotatable bonds is 7. The molecule has 0 fully saturated rings. The van der Waals surface area contributed by atoms with Crippen molar-refractivity contribution >= 4 is 21.6 Å². The largest absolute Gasteiger partial charge is 0.324 e. The highest BCUT2D eigenvalue weighted by Gasteiger charge is 2.27. The first-order valence-electron chi connectivity index (χ1n) is 10.6. The fourth-order valence-electron chi connectivity index (χ4n) is 3.70. The number of nitrogens with zero attached hydrogens (tertiary/aromatic N) is 1. The van der Waals surface area contributed by atoms with E-state index in [0.717, 1.165) is 39.1 Å². The van der Waals surface area contributed by atoms with E-state index in [0.29, 0.717) is 0 Å². The van der Waals surface area contributed by atoms with Crippen molar-refractivity contribution in [2.45, 2.75) is 46.1 Å². The Morgan fingerprint density at radius 1 is 0.781 bits per heavy atom. The van der Waals surface area contributed by atoms with Crippen LogP contribution in [0.3, 0.4) is 0 Å². The topological polar surface area (TPSA) is 66.5 Å². The second-order valence-corrected chi connectivity index (χ2v) is 10.3. The van der Waals surface area contributed by atoms with Crippen LogP contribution in [-0.2, 0) is 21.4 Å². The van der Waals surface area contributed by atoms with Crippen molar-refractivity contribution in [3.05, 3.63) is 94.0 Å². The fraction of sp³-hybridized carbons (Fsp3) is 0.269. The summed E-state index contributed by atoms with van der Waals surface area (Å²) in [5.74, 6) is -0.372. The SMILES string of the molecule is Cc1ccc(CN(CC(=O)Nc2c(C)cc(C)cc2C)S(=O)(=O)c2ccc(C)cc2)cc1. The summed E-state index contributed by atoms with van der Waals surface area (Å²) in [6.45, 7) is 9.57. The molecule has 0 heterocycles. The Bertz CT molecular complexity index is 1190. The number of aryl methyl sites for hydroxylation is 5. The second-order valence-electron chi connectivity index (χ2n) is 8.39. The van der Waals surface area contributed by atoms with Gasteiger partial charge in [-0.2, -0.15) is 4.31 Å². The number of carbonyl (C=O) groups excluding carboxylic acids is 1. The molecule has 168 valence electrons. The highest BCUT2D eigenvalue weighted by atomic mass is 32.2. The number of hydrogen-bond acceptors (Lipinski definition) is 3. The standard InChI is InChI=1S/C26H30N2O3S/c1-18-6-10-23(11-7-18)16-28(32(30,31)24-12-8-19(2)9-13-24)17-25(29)27-26-21(4)14-20(3)15-22(26)5/h6-15H,16-17H2,1-5H3,(H,27,29). The molecule has 0 bridgehead atoms. The monoisotopic (exact) mass is 450 g/mol. The normalized spacial score (nSPS) is 11.6. The number of sulfonamides is 1. The van der Waals surface area contributed by atoms with Crippen LogP contribution >= 0.6 is 0 Å². The van der Waals surface area contributed by atoms with Gasteiger partial charge in [0.05, 0.1) is 11.4 Å². The van der Waals surface area contributed by atoms with Crippen molar-refractivity contribution in [3.63, 3.8) is 0 Å². The molecule has 1 amide bonds. The lowest BCUT2D eigenvalue weighted by molar-refractivity contribution is -0.116. The molecular formula is C26H30N2O3S. The lowest BCUT2D eigenvalue weighted by Gasteiger charge is -2.23. The summed E-state index contributed by atoms with van der Waals surface area (Å²) in [6.07, 6.45) is 0. The third-order valence-electron chi connectivity index (χ3n) is 5.40. The molecule has 0 saturated carbocycles. The van der Waals surface area contributed by atoms with Gasteiger partial charge in [-0.1, -0.05) is 65.2 Å². The van der Waals surface area contributed by atoms with Crippen LogP contribution in [0, 0.1) is 34.6 Å². The van der Waals surface area contributed by atoms with E-state index < -0.39 is 10.0 Å². The van der Waals surface area contributed by atoms with Gasteiger partial charge >= 0.3 is 0 Å². The maximum Gasteiger partial charge on any atom is 0.243 e. The zero-order chi connectivity index (χ0) is 23.5. The van der Waals surface area contributed by atoms with Crippen molar-refractivity contribution in [1.29, 1.82) is 0 Å². The summed E-state index contributed by atoms with van der Waals surface area (Å²) in [5, 5.41) is 2.92. The van der Waals surface area contributed by atoms with Crippen molar-refractivity contribution in [3.8, 4) is 0 Å². The van der Waals surface area contributed by atoms with Crippen molar-refractivity contribution in [1.82, 2.24) is 4.31 Å². The van der Waals surface area contributed by atoms with Crippen molar-refractivity contribution in [2.24, 2.45) is 0 Å². The Morgan fingerprint density at radius 3 is 1.81 bits per heavy atom. The molecule has 6 heteroatoms. The van der Waals surface area contributed by atoms with Gasteiger partial charge in [0.2, 0.25) is 15.9 Å². The molecule has 0 unspecified atom stereocenters. The molecule has 5 nitrogen and oxygen atoms in total. The molecule has 3 aromatic carbocycles. The maximum absolute atomic E-state index is 13.4. The number of benzene rings is 3. The molecule has 0 saturated heterocycles. The fourth-order valence-corrected chi connectivity index (χ4v) is 5.08. The molecule has 0 aromatic heterocycles. The molecule has 0 spiro atoms. The number of nitrogens with one attached hydrogen (secondary N) is 1. The van der Waals surface area contributed by atoms with Crippen LogP contribution in [0.4, 0.5) is 5.69 Å². The van der Waals surface area contributed by atoms with E-state index in [2.05, 4.69) is 5.32 Å². The highest BCUT2D eigenvalue weighted by molar-refractivity contribution is 7.89. The minimum absolute atomic E-state index is 0.107. The molecule has 3 rings (SSSR count). The molecule has 0 aliphatic rings. The first kappa shape index (κ1) is 23.7. The molecular weight excluding hydrogens is 420 g/mol. The van der Waals surface area contributed by atoms with Crippen LogP contribution in [0.2, 0.25) is 0 Å². The van der Waals surface area contributed by atoms with E-state index in [1.807, 2.05) is 71.0 Å². The predicted molar refractivity (Wildman–Crippen MR) is 129 cm³/mol. The number of anilines is 1. The van der Waals surface area contributed by atoms with Gasteiger partial charge in [0, 0.05) is 12.2 Å². The lowest BCUT2D eigenvalue weighted by Crippen LogP contribution is -2.37. The zero-order valence-electron chi connectivity index (χ0n) is 19.3. The Kier molecular flexibility index (Phi) is 7.16. The van der Waals surface area contributed by atoms with Gasteiger partial charge in [-0.3, -0.25) is 4.79 Å². The summed E-state index contributed by atoms with van der Waals surface area (Å²) in [7, 11) is -3.87. The molecule has 0 atom stereocenters. The van der Waals surface area contributed by atoms with Gasteiger partial charge in [-0.25, -0.2) is 8.42 Å². The Morgan fingerprint density at radius 2 is 1.28 bits per heavy atom. The Labute approximate surface area is 191 Å². The van der Waals surface area contributed by atoms with Gasteiger partial charge in [0.25, 0.3) is 0 Å². The van der Waals surface area contributed by atoms with Crippen molar-refractivity contribution in [2.75, 3.05) is 11.9 Å². The Hall–Kier alpha value is -2.96. The summed E-state index contributed by atoms with van der Waals surface area (Å²) < 4.78 is 28.1. The van der Waals surface area contributed by atoms with E-state index in [-0.39, 0.29) is 23.9 Å². The zero-order valence-corrected chi connectivity index (χ0v) is 20.1. The molecule has 32 heavy (non-hydrogen) atoms. The van der Waals surface area contributed by atoms with Crippen molar-refractivity contribution < 1.29 is 13.2 Å². The van der Waals surface area contributed by atoms with Gasteiger partial charge in [0.15, 0.2) is 0 Å². The van der Waals surface area contributed by atoms with E-state index in [9.17, 15) is 13.2 Å². The minimum Gasteiger partial charge on any atom is -0.324 e. The number of carbonyl (C=O) groups is 1. The third kappa shape index (κ3) is 5.64. The summed E-state index contributed by atoms with van der Waals surface area (Å²) >= 11 is 0. The minimum atomic E-state index is -3.87. The van der Waals surface area contributed by atoms with E-state index in [4.69, 9.17) is 0 Å². The quantitative estimate of drug-likeness (QED) is 0.547. The summed E-state index contributed by atoms with van der Waals surface area (Å²) in [5.41, 5.74) is 6.61. The van der Waals surface area contributed by atoms with E-state index >= 15 is 0 Å². The smallest absolute Gasteiger partial charge is 0.243 e. The Balaban J connectivity index is 1.90. The lowest BCUT2D eigenvalue weighted by atomic mass is 10.1. The van der Waals surface area contributed by atoms with E-state index in [1.54, 1.807) is 24.3 Å². The van der Waals surface area contributed by atoms with Crippen LogP contribution in [0.15, 0.2) is 65.6 Å². The number of hydrogen-bond donors (Lipinski definition) is 1. The first-order chi connectivity index (χ1) is 15.1. The molecule has 3 aromatic rings. The third-order valence-corrected chi connectivity index (χ3v) is 7.21. The van der Waals surface area contributed by atoms with Crippen LogP contribution in [0.25, 0.3) is 0 Å². The number of amides is 1. The molecule has 1 N–H and O–H groups in total. The summed E-state index contributed by atoms with van der Waals surface area (Å²) in [6, 6.07) is 18.3. The van der Waals surface area contributed by atoms with Crippen LogP contribution in [0.5, 0.6) is 0 Å². The average molecular weight is 451 g/mol. The molecule has 0 radical (unpaired) electrons. The van der Waals surface area contributed by atoms with Gasteiger partial charge < -0.3 is 5.32 Å². The molecule has 0 aliphatic carbocycles. The van der Waals surface area contributed by atoms with E-state index in [1.165, 1.54) is 4.31 Å².